The molecule has 1 heterocycles. The molecule has 0 aromatic rings. The zero-order chi connectivity index (χ0) is 8.97. The molecule has 1 aliphatic rings. The van der Waals surface area contributed by atoms with Crippen LogP contribution < -0.4 is 0 Å². The Morgan fingerprint density at radius 1 is 1.50 bits per heavy atom. The number of rotatable bonds is 3. The molecule has 3 unspecified atom stereocenters. The maximum atomic E-state index is 9.14. The van der Waals surface area contributed by atoms with Crippen LogP contribution in [0.25, 0.3) is 0 Å². The summed E-state index contributed by atoms with van der Waals surface area (Å²) < 4.78 is 10.4. The molecule has 0 aromatic carbocycles. The van der Waals surface area contributed by atoms with Crippen molar-refractivity contribution in [2.45, 2.75) is 39.2 Å². The predicted molar refractivity (Wildman–Crippen MR) is 48.7 cm³/mol. The lowest BCUT2D eigenvalue weighted by Gasteiger charge is -2.32. The average molecular weight is 192 g/mol. The monoisotopic (exact) mass is 192 g/mol. The van der Waals surface area contributed by atoms with Gasteiger partial charge in [-0.15, -0.1) is 0 Å². The van der Waals surface area contributed by atoms with E-state index < -0.39 is 8.60 Å². The third-order valence-corrected chi connectivity index (χ3v) is 3.07. The molecule has 0 aromatic heterocycles. The molecule has 0 amide bonds. The normalized spacial score (nSPS) is 36.8. The average Bonchev–Trinajstić information content (AvgIpc) is 2.05. The van der Waals surface area contributed by atoms with Crippen molar-refractivity contribution < 1.29 is 13.9 Å². The molecule has 1 rings (SSSR count). The molecule has 0 bridgehead atoms. The van der Waals surface area contributed by atoms with Crippen molar-refractivity contribution in [1.29, 1.82) is 0 Å². The van der Waals surface area contributed by atoms with Crippen molar-refractivity contribution in [2.75, 3.05) is 6.61 Å². The van der Waals surface area contributed by atoms with Crippen LogP contribution in [0.2, 0.25) is 0 Å². The van der Waals surface area contributed by atoms with Crippen molar-refractivity contribution >= 4 is 8.60 Å². The first-order valence-electron chi connectivity index (χ1n) is 4.56. The van der Waals surface area contributed by atoms with Crippen LogP contribution in [0.15, 0.2) is 0 Å². The molecule has 3 atom stereocenters. The Morgan fingerprint density at radius 2 is 2.25 bits per heavy atom. The Hall–Kier alpha value is 0.310. The first-order valence-corrected chi connectivity index (χ1v) is 5.69. The summed E-state index contributed by atoms with van der Waals surface area (Å²) in [6, 6.07) is 0. The van der Waals surface area contributed by atoms with E-state index in [-0.39, 0.29) is 6.10 Å². The highest BCUT2D eigenvalue weighted by Gasteiger charge is 2.29. The molecule has 1 aliphatic heterocycles. The van der Waals surface area contributed by atoms with E-state index in [2.05, 4.69) is 13.8 Å². The Bertz CT molecular complexity index is 131. The molecule has 72 valence electrons. The van der Waals surface area contributed by atoms with Gasteiger partial charge in [0.15, 0.2) is 0 Å². The van der Waals surface area contributed by atoms with Crippen LogP contribution in [0.3, 0.4) is 0 Å². The van der Waals surface area contributed by atoms with E-state index in [0.717, 1.165) is 19.3 Å². The van der Waals surface area contributed by atoms with Gasteiger partial charge in [0, 0.05) is 5.92 Å². The van der Waals surface area contributed by atoms with Gasteiger partial charge in [0.2, 0.25) is 0 Å². The zero-order valence-electron chi connectivity index (χ0n) is 7.69. The van der Waals surface area contributed by atoms with E-state index in [4.69, 9.17) is 13.9 Å². The minimum absolute atomic E-state index is 0.213. The van der Waals surface area contributed by atoms with E-state index in [1.54, 1.807) is 0 Å². The molecule has 1 N–H and O–H groups in total. The largest absolute Gasteiger partial charge is 0.330 e. The molecule has 3 nitrogen and oxygen atoms in total. The molecule has 12 heavy (non-hydrogen) atoms. The summed E-state index contributed by atoms with van der Waals surface area (Å²) in [5, 5.41) is 0. The quantitative estimate of drug-likeness (QED) is 0.698. The zero-order valence-corrected chi connectivity index (χ0v) is 8.59. The van der Waals surface area contributed by atoms with E-state index in [0.29, 0.717) is 12.5 Å². The lowest BCUT2D eigenvalue weighted by Crippen LogP contribution is -2.29. The smallest absolute Gasteiger partial charge is 0.328 e. The Labute approximate surface area is 75.1 Å². The molecule has 1 saturated heterocycles. The van der Waals surface area contributed by atoms with Crippen LogP contribution >= 0.6 is 8.60 Å². The van der Waals surface area contributed by atoms with Crippen LogP contribution in [-0.4, -0.2) is 17.6 Å². The fourth-order valence-corrected chi connectivity index (χ4v) is 2.34. The first kappa shape index (κ1) is 10.4. The molecule has 0 saturated carbocycles. The number of hydrogen-bond donors (Lipinski definition) is 1. The minimum atomic E-state index is -1.57. The van der Waals surface area contributed by atoms with Crippen LogP contribution in [-0.2, 0) is 9.05 Å². The van der Waals surface area contributed by atoms with Crippen molar-refractivity contribution in [3.8, 4) is 0 Å². The van der Waals surface area contributed by atoms with Crippen molar-refractivity contribution in [3.63, 3.8) is 0 Å². The van der Waals surface area contributed by atoms with Gasteiger partial charge in [0.05, 0.1) is 12.7 Å². The van der Waals surface area contributed by atoms with E-state index >= 15 is 0 Å². The standard InChI is InChI=1S/C8H17O3P/c1-3-5-8-7(4-2)6-10-12(9)11-8/h7-9H,3-6H2,1-2H3. The summed E-state index contributed by atoms with van der Waals surface area (Å²) >= 11 is 0. The summed E-state index contributed by atoms with van der Waals surface area (Å²) in [4.78, 5) is 9.14. The second kappa shape index (κ2) is 5.13. The lowest BCUT2D eigenvalue weighted by molar-refractivity contribution is 0.0184. The van der Waals surface area contributed by atoms with Gasteiger partial charge in [-0.05, 0) is 12.8 Å². The van der Waals surface area contributed by atoms with Crippen molar-refractivity contribution in [1.82, 2.24) is 0 Å². The summed E-state index contributed by atoms with van der Waals surface area (Å²) in [5.74, 6) is 0.468. The summed E-state index contributed by atoms with van der Waals surface area (Å²) in [5.41, 5.74) is 0. The fraction of sp³-hybridized carbons (Fsp3) is 1.00. The third-order valence-electron chi connectivity index (χ3n) is 2.25. The summed E-state index contributed by atoms with van der Waals surface area (Å²) in [7, 11) is -1.57. The molecule has 4 heteroatoms. The van der Waals surface area contributed by atoms with Crippen LogP contribution in [0.1, 0.15) is 33.1 Å². The maximum Gasteiger partial charge on any atom is 0.330 e. The molecule has 0 aliphatic carbocycles. The first-order chi connectivity index (χ1) is 5.77. The second-order valence-electron chi connectivity index (χ2n) is 3.13. The molecule has 0 spiro atoms. The fourth-order valence-electron chi connectivity index (χ4n) is 1.45. The van der Waals surface area contributed by atoms with Gasteiger partial charge in [-0.25, -0.2) is 0 Å². The van der Waals surface area contributed by atoms with Gasteiger partial charge in [0.25, 0.3) is 0 Å². The van der Waals surface area contributed by atoms with E-state index in [1.807, 2.05) is 0 Å². The van der Waals surface area contributed by atoms with Crippen LogP contribution in [0.5, 0.6) is 0 Å². The number of hydrogen-bond acceptors (Lipinski definition) is 3. The van der Waals surface area contributed by atoms with Crippen LogP contribution in [0.4, 0.5) is 0 Å². The molecule has 0 radical (unpaired) electrons. The summed E-state index contributed by atoms with van der Waals surface area (Å²) in [6.45, 7) is 4.92. The molecular formula is C8H17O3P. The molecule has 1 fully saturated rings. The van der Waals surface area contributed by atoms with Crippen LogP contribution in [0, 0.1) is 5.92 Å². The van der Waals surface area contributed by atoms with Gasteiger partial charge in [-0.3, -0.25) is 0 Å². The highest BCUT2D eigenvalue weighted by molar-refractivity contribution is 7.40. The summed E-state index contributed by atoms with van der Waals surface area (Å²) in [6.07, 6.45) is 3.41. The Morgan fingerprint density at radius 3 is 2.83 bits per heavy atom. The predicted octanol–water partition coefficient (Wildman–Crippen LogP) is 2.45. The SMILES string of the molecule is CCCC1OP(O)OCC1CC. The topological polar surface area (TPSA) is 38.7 Å². The van der Waals surface area contributed by atoms with Gasteiger partial charge in [0.1, 0.15) is 0 Å². The third kappa shape index (κ3) is 2.67. The van der Waals surface area contributed by atoms with Gasteiger partial charge in [-0.1, -0.05) is 20.3 Å². The Kier molecular flexibility index (Phi) is 4.44. The van der Waals surface area contributed by atoms with Gasteiger partial charge >= 0.3 is 8.60 Å². The highest BCUT2D eigenvalue weighted by Crippen LogP contribution is 2.43. The molecular weight excluding hydrogens is 175 g/mol. The lowest BCUT2D eigenvalue weighted by atomic mass is 9.97. The van der Waals surface area contributed by atoms with E-state index in [1.165, 1.54) is 0 Å². The minimum Gasteiger partial charge on any atom is -0.328 e. The maximum absolute atomic E-state index is 9.14. The second-order valence-corrected chi connectivity index (χ2v) is 4.08. The van der Waals surface area contributed by atoms with Crippen molar-refractivity contribution in [2.24, 2.45) is 5.92 Å². The van der Waals surface area contributed by atoms with Gasteiger partial charge < -0.3 is 13.9 Å². The van der Waals surface area contributed by atoms with E-state index in [9.17, 15) is 0 Å². The highest BCUT2D eigenvalue weighted by atomic mass is 31.2. The van der Waals surface area contributed by atoms with Gasteiger partial charge in [-0.2, -0.15) is 0 Å². The van der Waals surface area contributed by atoms with Crippen molar-refractivity contribution in [3.05, 3.63) is 0 Å². The Balaban J connectivity index is 2.40.